The van der Waals surface area contributed by atoms with Crippen molar-refractivity contribution in [1.29, 1.82) is 0 Å². The number of nitrogens with zero attached hydrogens (tertiary/aromatic N) is 2. The summed E-state index contributed by atoms with van der Waals surface area (Å²) in [7, 11) is 9.06. The van der Waals surface area contributed by atoms with Crippen LogP contribution in [-0.4, -0.2) is 50.1 Å². The summed E-state index contributed by atoms with van der Waals surface area (Å²) in [5.41, 5.74) is 0.871. The van der Waals surface area contributed by atoms with Crippen LogP contribution in [0.2, 0.25) is 0 Å². The summed E-state index contributed by atoms with van der Waals surface area (Å²) in [6, 6.07) is 1.40. The highest BCUT2D eigenvalue weighted by Crippen LogP contribution is 2.30. The molecular formula is C24H52N2. The van der Waals surface area contributed by atoms with E-state index in [0.29, 0.717) is 22.9 Å². The van der Waals surface area contributed by atoms with Gasteiger partial charge in [-0.1, -0.05) is 55.4 Å². The summed E-state index contributed by atoms with van der Waals surface area (Å²) < 4.78 is 0. The smallest absolute Gasteiger partial charge is 0.00922 e. The van der Waals surface area contributed by atoms with E-state index < -0.39 is 0 Å². The standard InChI is InChI=1S/C24H52N2/c1-19(17-23(3,4)5)15-21(25(9)10)13-14-22(26(11)12)16-20(2)18-24(6,7)8/h19-22H,13-18H2,1-12H3/t19-,20+,21-,22-/m0/s1. The minimum Gasteiger partial charge on any atom is -0.306 e. The Labute approximate surface area is 167 Å². The predicted octanol–water partition coefficient (Wildman–Crippen LogP) is 6.55. The lowest BCUT2D eigenvalue weighted by molar-refractivity contribution is 0.167. The van der Waals surface area contributed by atoms with E-state index in [4.69, 9.17) is 0 Å². The molecule has 0 radical (unpaired) electrons. The molecule has 0 aliphatic rings. The molecule has 4 atom stereocenters. The maximum atomic E-state index is 2.46. The van der Waals surface area contributed by atoms with Crippen LogP contribution >= 0.6 is 0 Å². The van der Waals surface area contributed by atoms with E-state index in [-0.39, 0.29) is 0 Å². The lowest BCUT2D eigenvalue weighted by Crippen LogP contribution is -2.35. The predicted molar refractivity (Wildman–Crippen MR) is 120 cm³/mol. The highest BCUT2D eigenvalue weighted by atomic mass is 15.1. The second-order valence-corrected chi connectivity index (χ2v) is 12.0. The number of hydrogen-bond acceptors (Lipinski definition) is 2. The summed E-state index contributed by atoms with van der Waals surface area (Å²) in [4.78, 5) is 4.93. The molecule has 0 heterocycles. The molecule has 0 aromatic carbocycles. The maximum absolute atomic E-state index is 2.46. The Kier molecular flexibility index (Phi) is 11.0. The Balaban J connectivity index is 4.69. The van der Waals surface area contributed by atoms with Gasteiger partial charge in [0.15, 0.2) is 0 Å². The SMILES string of the molecule is C[C@H](C[C@H](CC[C@@H](C[C@H](C)CC(C)(C)C)N(C)C)N(C)C)CC(C)(C)C. The van der Waals surface area contributed by atoms with Gasteiger partial charge in [0.1, 0.15) is 0 Å². The first-order valence-electron chi connectivity index (χ1n) is 10.9. The molecule has 0 amide bonds. The van der Waals surface area contributed by atoms with Gasteiger partial charge in [-0.2, -0.15) is 0 Å². The van der Waals surface area contributed by atoms with Gasteiger partial charge in [-0.25, -0.2) is 0 Å². The van der Waals surface area contributed by atoms with Crippen LogP contribution in [-0.2, 0) is 0 Å². The molecule has 0 saturated carbocycles. The van der Waals surface area contributed by atoms with Crippen molar-refractivity contribution in [2.45, 2.75) is 106 Å². The van der Waals surface area contributed by atoms with Gasteiger partial charge >= 0.3 is 0 Å². The maximum Gasteiger partial charge on any atom is 0.00922 e. The van der Waals surface area contributed by atoms with Crippen LogP contribution in [0.25, 0.3) is 0 Å². The van der Waals surface area contributed by atoms with Crippen LogP contribution in [0.3, 0.4) is 0 Å². The van der Waals surface area contributed by atoms with E-state index in [1.165, 1.54) is 38.5 Å². The fourth-order valence-corrected chi connectivity index (χ4v) is 4.74. The van der Waals surface area contributed by atoms with Crippen molar-refractivity contribution in [3.05, 3.63) is 0 Å². The van der Waals surface area contributed by atoms with Crippen LogP contribution in [0.4, 0.5) is 0 Å². The molecule has 0 aromatic rings. The van der Waals surface area contributed by atoms with Gasteiger partial charge in [-0.05, 0) is 89.4 Å². The molecule has 0 aromatic heterocycles. The van der Waals surface area contributed by atoms with Gasteiger partial charge in [0.25, 0.3) is 0 Å². The normalized spacial score (nSPS) is 18.2. The van der Waals surface area contributed by atoms with Gasteiger partial charge in [0, 0.05) is 12.1 Å². The summed E-state index contributed by atoms with van der Waals surface area (Å²) in [5.74, 6) is 1.58. The Hall–Kier alpha value is -0.0800. The Morgan fingerprint density at radius 2 is 0.846 bits per heavy atom. The molecule has 0 spiro atoms. The third kappa shape index (κ3) is 13.1. The highest BCUT2D eigenvalue weighted by Gasteiger charge is 2.24. The van der Waals surface area contributed by atoms with Crippen molar-refractivity contribution in [1.82, 2.24) is 9.80 Å². The average Bonchev–Trinajstić information content (AvgIpc) is 2.36. The molecule has 0 unspecified atom stereocenters. The molecule has 0 N–H and O–H groups in total. The summed E-state index contributed by atoms with van der Waals surface area (Å²) in [6.45, 7) is 19.1. The zero-order chi connectivity index (χ0) is 20.7. The van der Waals surface area contributed by atoms with Crippen LogP contribution in [0, 0.1) is 22.7 Å². The van der Waals surface area contributed by atoms with Gasteiger partial charge in [-0.3, -0.25) is 0 Å². The van der Waals surface area contributed by atoms with Gasteiger partial charge < -0.3 is 9.80 Å². The minimum atomic E-state index is 0.435. The molecule has 0 bridgehead atoms. The van der Waals surface area contributed by atoms with Crippen molar-refractivity contribution in [3.63, 3.8) is 0 Å². The van der Waals surface area contributed by atoms with Crippen LogP contribution in [0.15, 0.2) is 0 Å². The lowest BCUT2D eigenvalue weighted by Gasteiger charge is -2.34. The lowest BCUT2D eigenvalue weighted by atomic mass is 9.80. The van der Waals surface area contributed by atoms with E-state index in [9.17, 15) is 0 Å². The molecule has 2 heteroatoms. The third-order valence-electron chi connectivity index (χ3n) is 5.56. The second kappa shape index (κ2) is 11.1. The van der Waals surface area contributed by atoms with Crippen LogP contribution in [0.5, 0.6) is 0 Å². The van der Waals surface area contributed by atoms with E-state index in [1.807, 2.05) is 0 Å². The second-order valence-electron chi connectivity index (χ2n) is 12.0. The average molecular weight is 369 g/mol. The fourth-order valence-electron chi connectivity index (χ4n) is 4.74. The molecule has 0 rings (SSSR count). The molecule has 0 fully saturated rings. The Bertz CT molecular complexity index is 323. The van der Waals surface area contributed by atoms with E-state index in [1.54, 1.807) is 0 Å². The number of hydrogen-bond donors (Lipinski definition) is 0. The first kappa shape index (κ1) is 25.9. The van der Waals surface area contributed by atoms with Crippen LogP contribution < -0.4 is 0 Å². The van der Waals surface area contributed by atoms with Gasteiger partial charge in [0.05, 0.1) is 0 Å². The molecular weight excluding hydrogens is 316 g/mol. The zero-order valence-corrected chi connectivity index (χ0v) is 20.4. The minimum absolute atomic E-state index is 0.435. The number of rotatable bonds is 11. The first-order valence-corrected chi connectivity index (χ1v) is 10.9. The Morgan fingerprint density at radius 3 is 1.04 bits per heavy atom. The molecule has 158 valence electrons. The fraction of sp³-hybridized carbons (Fsp3) is 1.00. The van der Waals surface area contributed by atoms with Crippen molar-refractivity contribution in [2.24, 2.45) is 22.7 Å². The van der Waals surface area contributed by atoms with Crippen LogP contribution in [0.1, 0.15) is 93.9 Å². The van der Waals surface area contributed by atoms with Crippen molar-refractivity contribution < 1.29 is 0 Å². The van der Waals surface area contributed by atoms with E-state index >= 15 is 0 Å². The Morgan fingerprint density at radius 1 is 0.577 bits per heavy atom. The quantitative estimate of drug-likeness (QED) is 0.408. The topological polar surface area (TPSA) is 6.48 Å². The molecule has 26 heavy (non-hydrogen) atoms. The monoisotopic (exact) mass is 368 g/mol. The molecule has 0 saturated heterocycles. The van der Waals surface area contributed by atoms with Gasteiger partial charge in [-0.15, -0.1) is 0 Å². The van der Waals surface area contributed by atoms with Crippen molar-refractivity contribution in [2.75, 3.05) is 28.2 Å². The first-order chi connectivity index (χ1) is 11.6. The summed E-state index contributed by atoms with van der Waals surface area (Å²) in [5, 5.41) is 0. The molecule has 0 aliphatic heterocycles. The van der Waals surface area contributed by atoms with Gasteiger partial charge in [0.2, 0.25) is 0 Å². The largest absolute Gasteiger partial charge is 0.306 e. The van der Waals surface area contributed by atoms with E-state index in [0.717, 1.165) is 11.8 Å². The zero-order valence-electron chi connectivity index (χ0n) is 20.4. The molecule has 0 aliphatic carbocycles. The van der Waals surface area contributed by atoms with Crippen molar-refractivity contribution in [3.8, 4) is 0 Å². The summed E-state index contributed by atoms with van der Waals surface area (Å²) >= 11 is 0. The molecule has 2 nitrogen and oxygen atoms in total. The third-order valence-corrected chi connectivity index (χ3v) is 5.56. The highest BCUT2D eigenvalue weighted by molar-refractivity contribution is 4.79. The summed E-state index contributed by atoms with van der Waals surface area (Å²) in [6.07, 6.45) is 7.90. The van der Waals surface area contributed by atoms with Crippen molar-refractivity contribution >= 4 is 0 Å². The van der Waals surface area contributed by atoms with E-state index in [2.05, 4.69) is 93.4 Å².